The van der Waals surface area contributed by atoms with Crippen LogP contribution >= 0.6 is 0 Å². The van der Waals surface area contributed by atoms with Crippen molar-refractivity contribution in [3.63, 3.8) is 0 Å². The normalized spacial score (nSPS) is 27.9. The van der Waals surface area contributed by atoms with Crippen molar-refractivity contribution in [2.24, 2.45) is 11.8 Å². The molecule has 1 aliphatic heterocycles. The van der Waals surface area contributed by atoms with Gasteiger partial charge < -0.3 is 5.32 Å². The molecule has 0 spiro atoms. The molecule has 1 aromatic rings. The van der Waals surface area contributed by atoms with E-state index >= 15 is 0 Å². The molecule has 1 aromatic carbocycles. The highest BCUT2D eigenvalue weighted by molar-refractivity contribution is 5.21. The first kappa shape index (κ1) is 13.5. The Morgan fingerprint density at radius 3 is 2.50 bits per heavy atom. The van der Waals surface area contributed by atoms with E-state index in [-0.39, 0.29) is 18.0 Å². The summed E-state index contributed by atoms with van der Waals surface area (Å²) in [5, 5.41) is 3.49. The van der Waals surface area contributed by atoms with E-state index in [1.54, 1.807) is 0 Å². The van der Waals surface area contributed by atoms with Crippen molar-refractivity contribution >= 4 is 0 Å². The van der Waals surface area contributed by atoms with Gasteiger partial charge >= 0.3 is 0 Å². The van der Waals surface area contributed by atoms with E-state index < -0.39 is 0 Å². The van der Waals surface area contributed by atoms with Crippen LogP contribution in [0.3, 0.4) is 0 Å². The predicted molar refractivity (Wildman–Crippen MR) is 71.2 cm³/mol. The Bertz CT molecular complexity index is 377. The third-order valence-corrected chi connectivity index (χ3v) is 3.42. The summed E-state index contributed by atoms with van der Waals surface area (Å²) in [6.45, 7) is 7.56. The van der Waals surface area contributed by atoms with Crippen LogP contribution in [-0.4, -0.2) is 12.7 Å². The molecule has 0 aromatic heterocycles. The minimum Gasteiger partial charge on any atom is -0.300 e. The molecule has 3 nitrogen and oxygen atoms in total. The van der Waals surface area contributed by atoms with Crippen molar-refractivity contribution in [1.82, 2.24) is 16.2 Å². The van der Waals surface area contributed by atoms with Crippen LogP contribution in [0.5, 0.6) is 0 Å². The van der Waals surface area contributed by atoms with E-state index in [1.807, 2.05) is 12.1 Å². The summed E-state index contributed by atoms with van der Waals surface area (Å²) in [7, 11) is 0. The second-order valence-electron chi connectivity index (χ2n) is 5.46. The summed E-state index contributed by atoms with van der Waals surface area (Å²) in [6.07, 6.45) is 0.252. The first-order valence-electron chi connectivity index (χ1n) is 6.58. The molecule has 3 N–H and O–H groups in total. The molecule has 1 heterocycles. The van der Waals surface area contributed by atoms with Crippen LogP contribution in [0, 0.1) is 17.7 Å². The first-order chi connectivity index (χ1) is 8.58. The molecule has 1 fully saturated rings. The SMILES string of the molecule is CC(C)CNC1NNC(c2ccc(F)cc2)C1C. The molecule has 0 saturated carbocycles. The molecule has 0 aliphatic carbocycles. The zero-order chi connectivity index (χ0) is 13.1. The number of hydrogen-bond acceptors (Lipinski definition) is 3. The summed E-state index contributed by atoms with van der Waals surface area (Å²) in [6, 6.07) is 6.93. The van der Waals surface area contributed by atoms with Gasteiger partial charge in [-0.1, -0.05) is 32.9 Å². The molecule has 1 aliphatic rings. The molecule has 4 heteroatoms. The Labute approximate surface area is 108 Å². The molecular formula is C14H22FN3. The maximum Gasteiger partial charge on any atom is 0.123 e. The maximum absolute atomic E-state index is 12.9. The topological polar surface area (TPSA) is 36.1 Å². The summed E-state index contributed by atoms with van der Waals surface area (Å²) in [4.78, 5) is 0. The van der Waals surface area contributed by atoms with Gasteiger partial charge in [0.25, 0.3) is 0 Å². The molecular weight excluding hydrogens is 229 g/mol. The summed E-state index contributed by atoms with van der Waals surface area (Å²) >= 11 is 0. The van der Waals surface area contributed by atoms with Gasteiger partial charge in [-0.15, -0.1) is 0 Å². The fraction of sp³-hybridized carbons (Fsp3) is 0.571. The van der Waals surface area contributed by atoms with Crippen molar-refractivity contribution in [1.29, 1.82) is 0 Å². The van der Waals surface area contributed by atoms with Gasteiger partial charge in [0.05, 0.1) is 12.2 Å². The van der Waals surface area contributed by atoms with Crippen molar-refractivity contribution in [2.45, 2.75) is 33.0 Å². The van der Waals surface area contributed by atoms with E-state index in [9.17, 15) is 4.39 Å². The molecule has 2 rings (SSSR count). The van der Waals surface area contributed by atoms with Crippen molar-refractivity contribution in [3.8, 4) is 0 Å². The smallest absolute Gasteiger partial charge is 0.123 e. The van der Waals surface area contributed by atoms with Crippen LogP contribution in [0.2, 0.25) is 0 Å². The van der Waals surface area contributed by atoms with Crippen molar-refractivity contribution in [3.05, 3.63) is 35.6 Å². The fourth-order valence-electron chi connectivity index (χ4n) is 2.29. The highest BCUT2D eigenvalue weighted by atomic mass is 19.1. The summed E-state index contributed by atoms with van der Waals surface area (Å²) in [5.74, 6) is 0.852. The predicted octanol–water partition coefficient (Wildman–Crippen LogP) is 2.18. The van der Waals surface area contributed by atoms with Crippen LogP contribution < -0.4 is 16.2 Å². The molecule has 0 bridgehead atoms. The molecule has 18 heavy (non-hydrogen) atoms. The van der Waals surface area contributed by atoms with Crippen LogP contribution in [0.1, 0.15) is 32.4 Å². The second-order valence-corrected chi connectivity index (χ2v) is 5.46. The lowest BCUT2D eigenvalue weighted by Gasteiger charge is -2.20. The Balaban J connectivity index is 1.98. The lowest BCUT2D eigenvalue weighted by atomic mass is 9.94. The van der Waals surface area contributed by atoms with E-state index in [1.165, 1.54) is 12.1 Å². The molecule has 100 valence electrons. The van der Waals surface area contributed by atoms with E-state index in [0.29, 0.717) is 11.8 Å². The van der Waals surface area contributed by atoms with Crippen LogP contribution in [0.15, 0.2) is 24.3 Å². The second kappa shape index (κ2) is 5.78. The Kier molecular flexibility index (Phi) is 4.32. The number of hydrazine groups is 1. The zero-order valence-electron chi connectivity index (χ0n) is 11.2. The van der Waals surface area contributed by atoms with Crippen LogP contribution in [-0.2, 0) is 0 Å². The molecule has 0 radical (unpaired) electrons. The lowest BCUT2D eigenvalue weighted by molar-refractivity contribution is 0.363. The van der Waals surface area contributed by atoms with Gasteiger partial charge in [-0.3, -0.25) is 0 Å². The third kappa shape index (κ3) is 3.07. The molecule has 3 atom stereocenters. The zero-order valence-corrected chi connectivity index (χ0v) is 11.2. The van der Waals surface area contributed by atoms with Gasteiger partial charge in [0.15, 0.2) is 0 Å². The Morgan fingerprint density at radius 1 is 1.22 bits per heavy atom. The number of benzene rings is 1. The molecule has 1 saturated heterocycles. The number of halogens is 1. The fourth-order valence-corrected chi connectivity index (χ4v) is 2.29. The molecule has 3 unspecified atom stereocenters. The highest BCUT2D eigenvalue weighted by Crippen LogP contribution is 2.27. The van der Waals surface area contributed by atoms with Crippen LogP contribution in [0.4, 0.5) is 4.39 Å². The van der Waals surface area contributed by atoms with Crippen molar-refractivity contribution < 1.29 is 4.39 Å². The average molecular weight is 251 g/mol. The summed E-state index contributed by atoms with van der Waals surface area (Å²) < 4.78 is 12.9. The Hall–Kier alpha value is -0.970. The number of hydrogen-bond donors (Lipinski definition) is 3. The van der Waals surface area contributed by atoms with Gasteiger partial charge in [0, 0.05) is 5.92 Å². The van der Waals surface area contributed by atoms with E-state index in [2.05, 4.69) is 36.9 Å². The maximum atomic E-state index is 12.9. The average Bonchev–Trinajstić information content (AvgIpc) is 2.69. The van der Waals surface area contributed by atoms with Gasteiger partial charge in [0.1, 0.15) is 5.82 Å². The van der Waals surface area contributed by atoms with Crippen LogP contribution in [0.25, 0.3) is 0 Å². The number of nitrogens with one attached hydrogen (secondary N) is 3. The minimum absolute atomic E-state index is 0.188. The van der Waals surface area contributed by atoms with E-state index in [0.717, 1.165) is 12.1 Å². The lowest BCUT2D eigenvalue weighted by Crippen LogP contribution is -2.44. The quantitative estimate of drug-likeness (QED) is 0.767. The highest BCUT2D eigenvalue weighted by Gasteiger charge is 2.32. The summed E-state index contributed by atoms with van der Waals surface area (Å²) in [5.41, 5.74) is 7.67. The van der Waals surface area contributed by atoms with Gasteiger partial charge in [-0.2, -0.15) is 0 Å². The molecule has 0 amide bonds. The van der Waals surface area contributed by atoms with Gasteiger partial charge in [0.2, 0.25) is 0 Å². The first-order valence-corrected chi connectivity index (χ1v) is 6.58. The minimum atomic E-state index is -0.188. The van der Waals surface area contributed by atoms with Gasteiger partial charge in [-0.05, 0) is 30.2 Å². The largest absolute Gasteiger partial charge is 0.300 e. The monoisotopic (exact) mass is 251 g/mol. The van der Waals surface area contributed by atoms with Crippen molar-refractivity contribution in [2.75, 3.05) is 6.54 Å². The number of rotatable bonds is 4. The standard InChI is InChI=1S/C14H22FN3/c1-9(2)8-16-14-10(3)13(17-18-14)11-4-6-12(15)7-5-11/h4-7,9-10,13-14,16-18H,8H2,1-3H3. The Morgan fingerprint density at radius 2 is 1.89 bits per heavy atom. The third-order valence-electron chi connectivity index (χ3n) is 3.42. The van der Waals surface area contributed by atoms with Gasteiger partial charge in [-0.25, -0.2) is 15.2 Å². The van der Waals surface area contributed by atoms with E-state index in [4.69, 9.17) is 0 Å².